The maximum atomic E-state index is 12.6. The third-order valence-electron chi connectivity index (χ3n) is 2.21. The summed E-state index contributed by atoms with van der Waals surface area (Å²) in [6.07, 6.45) is -6.04. The first-order chi connectivity index (χ1) is 9.18. The van der Waals surface area contributed by atoms with Crippen molar-refractivity contribution < 1.29 is 26.3 Å². The fraction of sp³-hybridized carbons (Fsp3) is 0.200. The van der Waals surface area contributed by atoms with Crippen LogP contribution in [0.15, 0.2) is 29.5 Å². The van der Waals surface area contributed by atoms with E-state index in [0.717, 1.165) is 0 Å². The second kappa shape index (κ2) is 4.69. The van der Waals surface area contributed by atoms with Crippen LogP contribution in [-0.4, -0.2) is 11.2 Å². The van der Waals surface area contributed by atoms with Gasteiger partial charge in [-0.15, -0.1) is 0 Å². The van der Waals surface area contributed by atoms with Gasteiger partial charge >= 0.3 is 12.4 Å². The first-order valence-corrected chi connectivity index (χ1v) is 5.10. The van der Waals surface area contributed by atoms with Crippen LogP contribution in [0.25, 0.3) is 0 Å². The van der Waals surface area contributed by atoms with E-state index in [1.54, 1.807) is 0 Å². The van der Waals surface area contributed by atoms with Crippen LogP contribution in [0.2, 0.25) is 0 Å². The second-order valence-electron chi connectivity index (χ2n) is 3.66. The summed E-state index contributed by atoms with van der Waals surface area (Å²) in [7, 11) is 0. The van der Waals surface area contributed by atoms with Crippen molar-refractivity contribution in [1.82, 2.24) is 10.4 Å². The highest BCUT2D eigenvalue weighted by Gasteiger charge is 2.38. The first-order valence-electron chi connectivity index (χ1n) is 5.10. The summed E-state index contributed by atoms with van der Waals surface area (Å²) in [6, 6.07) is 0.422. The number of hydrazine groups is 1. The Morgan fingerprint density at radius 3 is 2.20 bits per heavy atom. The van der Waals surface area contributed by atoms with Crippen LogP contribution in [0.1, 0.15) is 11.3 Å². The van der Waals surface area contributed by atoms with Crippen LogP contribution in [0, 0.1) is 0 Å². The number of pyridine rings is 1. The molecular formula is C10H6F6N4. The Hall–Kier alpha value is -2.26. The lowest BCUT2D eigenvalue weighted by Crippen LogP contribution is -2.32. The summed E-state index contributed by atoms with van der Waals surface area (Å²) >= 11 is 0. The SMILES string of the molecule is FC(F)(F)c1cc(N2N=CC=CN2)nc(C(F)(F)F)c1. The molecule has 1 aromatic rings. The molecule has 0 atom stereocenters. The number of nitrogens with one attached hydrogen (secondary N) is 1. The molecule has 0 aliphatic carbocycles. The maximum Gasteiger partial charge on any atom is 0.433 e. The molecule has 0 saturated heterocycles. The third-order valence-corrected chi connectivity index (χ3v) is 2.21. The highest BCUT2D eigenvalue weighted by Crippen LogP contribution is 2.36. The lowest BCUT2D eigenvalue weighted by atomic mass is 10.2. The molecule has 1 N–H and O–H groups in total. The summed E-state index contributed by atoms with van der Waals surface area (Å²) in [6.45, 7) is 0. The molecule has 0 radical (unpaired) electrons. The van der Waals surface area contributed by atoms with E-state index < -0.39 is 29.4 Å². The molecule has 0 bridgehead atoms. The summed E-state index contributed by atoms with van der Waals surface area (Å²) < 4.78 is 75.6. The average Bonchev–Trinajstić information content (AvgIpc) is 2.37. The summed E-state index contributed by atoms with van der Waals surface area (Å²) in [5.74, 6) is -0.618. The molecule has 10 heteroatoms. The maximum absolute atomic E-state index is 12.6. The van der Waals surface area contributed by atoms with Crippen LogP contribution < -0.4 is 10.5 Å². The van der Waals surface area contributed by atoms with Gasteiger partial charge in [0.2, 0.25) is 0 Å². The molecule has 20 heavy (non-hydrogen) atoms. The van der Waals surface area contributed by atoms with Crippen molar-refractivity contribution in [2.45, 2.75) is 12.4 Å². The van der Waals surface area contributed by atoms with E-state index in [4.69, 9.17) is 0 Å². The molecule has 1 aromatic heterocycles. The molecule has 1 aliphatic rings. The van der Waals surface area contributed by atoms with Gasteiger partial charge < -0.3 is 0 Å². The van der Waals surface area contributed by atoms with E-state index in [2.05, 4.69) is 15.5 Å². The fourth-order valence-electron chi connectivity index (χ4n) is 1.35. The summed E-state index contributed by atoms with van der Waals surface area (Å²) in [5, 5.41) is 4.26. The Morgan fingerprint density at radius 1 is 1.00 bits per heavy atom. The Bertz CT molecular complexity index is 528. The molecule has 0 aromatic carbocycles. The second-order valence-corrected chi connectivity index (χ2v) is 3.66. The van der Waals surface area contributed by atoms with Crippen molar-refractivity contribution >= 4 is 12.0 Å². The number of hydrogen-bond acceptors (Lipinski definition) is 4. The molecule has 0 saturated carbocycles. The molecule has 1 aliphatic heterocycles. The van der Waals surface area contributed by atoms with Crippen LogP contribution in [-0.2, 0) is 12.4 Å². The number of halogens is 6. The van der Waals surface area contributed by atoms with Gasteiger partial charge in [0.25, 0.3) is 0 Å². The van der Waals surface area contributed by atoms with Gasteiger partial charge in [0.1, 0.15) is 5.69 Å². The smallest absolute Gasteiger partial charge is 0.284 e. The van der Waals surface area contributed by atoms with Crippen molar-refractivity contribution in [3.63, 3.8) is 0 Å². The standard InChI is InChI=1S/C10H6F6N4/c11-9(12,13)6-4-7(10(14,15)16)19-8(5-6)20-17-2-1-3-18-20/h1-5,17H. The molecule has 4 nitrogen and oxygen atoms in total. The van der Waals surface area contributed by atoms with Gasteiger partial charge in [0.15, 0.2) is 5.82 Å². The molecule has 0 amide bonds. The first kappa shape index (κ1) is 14.2. The monoisotopic (exact) mass is 296 g/mol. The summed E-state index contributed by atoms with van der Waals surface area (Å²) in [5.41, 5.74) is -0.751. The van der Waals surface area contributed by atoms with Crippen molar-refractivity contribution in [1.29, 1.82) is 0 Å². The molecule has 108 valence electrons. The van der Waals surface area contributed by atoms with Gasteiger partial charge in [-0.1, -0.05) is 0 Å². The number of allylic oxidation sites excluding steroid dienone is 1. The van der Waals surface area contributed by atoms with Gasteiger partial charge in [0.05, 0.1) is 11.8 Å². The summed E-state index contributed by atoms with van der Waals surface area (Å²) in [4.78, 5) is 3.13. The van der Waals surface area contributed by atoms with Crippen molar-refractivity contribution in [3.05, 3.63) is 35.7 Å². The number of anilines is 1. The third kappa shape index (κ3) is 3.00. The Balaban J connectivity index is 2.51. The van der Waals surface area contributed by atoms with Crippen LogP contribution >= 0.6 is 0 Å². The minimum absolute atomic E-state index is 0.0486. The van der Waals surface area contributed by atoms with Gasteiger partial charge in [-0.2, -0.15) is 36.6 Å². The molecule has 2 heterocycles. The largest absolute Gasteiger partial charge is 0.433 e. The van der Waals surface area contributed by atoms with Crippen molar-refractivity contribution in [3.8, 4) is 0 Å². The van der Waals surface area contributed by atoms with E-state index >= 15 is 0 Å². The van der Waals surface area contributed by atoms with E-state index in [1.807, 2.05) is 0 Å². The Labute approximate surface area is 108 Å². The quantitative estimate of drug-likeness (QED) is 0.810. The number of aromatic nitrogens is 1. The molecule has 2 rings (SSSR count). The highest BCUT2D eigenvalue weighted by atomic mass is 19.4. The van der Waals surface area contributed by atoms with Crippen LogP contribution in [0.5, 0.6) is 0 Å². The van der Waals surface area contributed by atoms with E-state index in [9.17, 15) is 26.3 Å². The minimum Gasteiger partial charge on any atom is -0.284 e. The van der Waals surface area contributed by atoms with Crippen molar-refractivity contribution in [2.75, 3.05) is 5.12 Å². The predicted octanol–water partition coefficient (Wildman–Crippen LogP) is 2.94. The van der Waals surface area contributed by atoms with Gasteiger partial charge in [0, 0.05) is 6.20 Å². The van der Waals surface area contributed by atoms with Gasteiger partial charge in [-0.05, 0) is 18.2 Å². The Morgan fingerprint density at radius 2 is 1.70 bits per heavy atom. The highest BCUT2D eigenvalue weighted by molar-refractivity contribution is 5.73. The zero-order valence-electron chi connectivity index (χ0n) is 9.50. The normalized spacial score (nSPS) is 15.4. The van der Waals surface area contributed by atoms with Crippen molar-refractivity contribution in [2.24, 2.45) is 5.10 Å². The average molecular weight is 296 g/mol. The molecule has 0 fully saturated rings. The topological polar surface area (TPSA) is 40.5 Å². The number of nitrogens with zero attached hydrogens (tertiary/aromatic N) is 3. The zero-order valence-corrected chi connectivity index (χ0v) is 9.50. The number of rotatable bonds is 1. The van der Waals surface area contributed by atoms with E-state index in [1.165, 1.54) is 18.5 Å². The van der Waals surface area contributed by atoms with E-state index in [-0.39, 0.29) is 6.07 Å². The molecule has 0 unspecified atom stereocenters. The molecular weight excluding hydrogens is 290 g/mol. The number of hydrogen-bond donors (Lipinski definition) is 1. The lowest BCUT2D eigenvalue weighted by Gasteiger charge is -2.21. The number of hydrazone groups is 1. The van der Waals surface area contributed by atoms with Crippen LogP contribution in [0.4, 0.5) is 32.2 Å². The fourth-order valence-corrected chi connectivity index (χ4v) is 1.35. The minimum atomic E-state index is -4.99. The molecule has 0 spiro atoms. The van der Waals surface area contributed by atoms with E-state index in [0.29, 0.717) is 11.2 Å². The van der Waals surface area contributed by atoms with Gasteiger partial charge in [-0.3, -0.25) is 5.43 Å². The number of alkyl halides is 6. The van der Waals surface area contributed by atoms with Crippen LogP contribution in [0.3, 0.4) is 0 Å². The van der Waals surface area contributed by atoms with Gasteiger partial charge in [-0.25, -0.2) is 4.98 Å². The Kier molecular flexibility index (Phi) is 3.32. The predicted molar refractivity (Wildman–Crippen MR) is 57.5 cm³/mol. The zero-order chi connectivity index (χ0) is 15.0. The lowest BCUT2D eigenvalue weighted by molar-refractivity contribution is -0.145.